The van der Waals surface area contributed by atoms with E-state index in [1.807, 2.05) is 18.2 Å². The maximum absolute atomic E-state index is 9.73. The topological polar surface area (TPSA) is 55.5 Å². The monoisotopic (exact) mass is 243 g/mol. The van der Waals surface area contributed by atoms with Crippen molar-refractivity contribution in [2.75, 3.05) is 6.61 Å². The Morgan fingerprint density at radius 2 is 2.31 bits per heavy atom. The first-order chi connectivity index (χ1) is 6.18. The molecule has 0 unspecified atom stereocenters. The zero-order valence-corrected chi connectivity index (χ0v) is 8.49. The lowest BCUT2D eigenvalue weighted by Crippen LogP contribution is -2.38. The van der Waals surface area contributed by atoms with Gasteiger partial charge in [-0.3, -0.25) is 0 Å². The van der Waals surface area contributed by atoms with Gasteiger partial charge in [0.1, 0.15) is 18.5 Å². The van der Waals surface area contributed by atoms with Crippen molar-refractivity contribution in [3.8, 4) is 5.75 Å². The molecular formula is C9H10BrNO2. The summed E-state index contributed by atoms with van der Waals surface area (Å²) in [4.78, 5) is 0. The van der Waals surface area contributed by atoms with Gasteiger partial charge in [0.15, 0.2) is 0 Å². The van der Waals surface area contributed by atoms with Gasteiger partial charge in [-0.2, -0.15) is 0 Å². The van der Waals surface area contributed by atoms with Crippen molar-refractivity contribution in [3.05, 3.63) is 28.2 Å². The predicted octanol–water partition coefficient (Wildman–Crippen LogP) is 1.20. The van der Waals surface area contributed by atoms with Crippen molar-refractivity contribution in [2.24, 2.45) is 5.73 Å². The van der Waals surface area contributed by atoms with Crippen molar-refractivity contribution >= 4 is 15.9 Å². The summed E-state index contributed by atoms with van der Waals surface area (Å²) in [6, 6.07) is 5.21. The quantitative estimate of drug-likeness (QED) is 0.721. The molecule has 1 aromatic rings. The number of ether oxygens (including phenoxy) is 1. The minimum atomic E-state index is -0.624. The predicted molar refractivity (Wildman–Crippen MR) is 52.6 cm³/mol. The molecule has 0 saturated heterocycles. The highest BCUT2D eigenvalue weighted by Gasteiger charge is 2.26. The highest BCUT2D eigenvalue weighted by molar-refractivity contribution is 9.10. The van der Waals surface area contributed by atoms with Crippen molar-refractivity contribution < 1.29 is 9.84 Å². The van der Waals surface area contributed by atoms with E-state index in [1.165, 1.54) is 0 Å². The Morgan fingerprint density at radius 1 is 1.54 bits per heavy atom. The Balaban J connectivity index is 2.45. The van der Waals surface area contributed by atoms with Crippen LogP contribution in [0.25, 0.3) is 0 Å². The smallest absolute Gasteiger partial charge is 0.125 e. The average molecular weight is 244 g/mol. The normalized spacial score (nSPS) is 26.4. The summed E-state index contributed by atoms with van der Waals surface area (Å²) in [7, 11) is 0. The van der Waals surface area contributed by atoms with Crippen LogP contribution < -0.4 is 10.5 Å². The fourth-order valence-corrected chi connectivity index (χ4v) is 1.77. The molecule has 0 fully saturated rings. The van der Waals surface area contributed by atoms with Gasteiger partial charge in [0, 0.05) is 10.0 Å². The van der Waals surface area contributed by atoms with Gasteiger partial charge in [0.25, 0.3) is 0 Å². The number of fused-ring (bicyclic) bond motifs is 1. The number of aliphatic hydroxyl groups is 1. The summed E-state index contributed by atoms with van der Waals surface area (Å²) in [5.41, 5.74) is 6.41. The minimum Gasteiger partial charge on any atom is -0.491 e. The van der Waals surface area contributed by atoms with Crippen molar-refractivity contribution in [1.29, 1.82) is 0 Å². The molecule has 0 aromatic heterocycles. The summed E-state index contributed by atoms with van der Waals surface area (Å²) in [5, 5.41) is 9.73. The third-order valence-electron chi connectivity index (χ3n) is 2.13. The first-order valence-corrected chi connectivity index (χ1v) is 4.83. The molecule has 3 nitrogen and oxygen atoms in total. The van der Waals surface area contributed by atoms with Crippen LogP contribution in [0.2, 0.25) is 0 Å². The fraction of sp³-hybridized carbons (Fsp3) is 0.333. The molecule has 0 saturated carbocycles. The largest absolute Gasteiger partial charge is 0.491 e. The first-order valence-electron chi connectivity index (χ1n) is 4.04. The molecule has 0 bridgehead atoms. The second kappa shape index (κ2) is 3.29. The molecule has 2 rings (SSSR count). The number of nitrogens with two attached hydrogens (primary N) is 1. The van der Waals surface area contributed by atoms with Crippen LogP contribution in [0.1, 0.15) is 11.7 Å². The van der Waals surface area contributed by atoms with E-state index in [4.69, 9.17) is 10.5 Å². The van der Waals surface area contributed by atoms with Crippen molar-refractivity contribution in [3.63, 3.8) is 0 Å². The molecule has 4 heteroatoms. The van der Waals surface area contributed by atoms with E-state index >= 15 is 0 Å². The van der Waals surface area contributed by atoms with Crippen LogP contribution in [0.3, 0.4) is 0 Å². The molecule has 0 radical (unpaired) electrons. The molecule has 2 atom stereocenters. The SMILES string of the molecule is N[C@@H]1COc2ccc(Br)cc2[C@@H]1O. The lowest BCUT2D eigenvalue weighted by Gasteiger charge is -2.27. The van der Waals surface area contributed by atoms with E-state index in [2.05, 4.69) is 15.9 Å². The highest BCUT2D eigenvalue weighted by atomic mass is 79.9. The Hall–Kier alpha value is -0.580. The standard InChI is InChI=1S/C9H10BrNO2/c10-5-1-2-8-6(3-5)9(12)7(11)4-13-8/h1-3,7,9,12H,4,11H2/t7-,9+/m1/s1. The number of hydrogen-bond donors (Lipinski definition) is 2. The van der Waals surface area contributed by atoms with Crippen LogP contribution in [-0.4, -0.2) is 17.8 Å². The summed E-state index contributed by atoms with van der Waals surface area (Å²) in [6.45, 7) is 0.371. The number of hydrogen-bond acceptors (Lipinski definition) is 3. The molecule has 0 amide bonds. The van der Waals surface area contributed by atoms with Gasteiger partial charge in [-0.15, -0.1) is 0 Å². The van der Waals surface area contributed by atoms with Gasteiger partial charge in [-0.1, -0.05) is 15.9 Å². The Bertz CT molecular complexity index is 329. The average Bonchev–Trinajstić information content (AvgIpc) is 2.12. The van der Waals surface area contributed by atoms with Crippen LogP contribution in [0.4, 0.5) is 0 Å². The summed E-state index contributed by atoms with van der Waals surface area (Å²) in [5.74, 6) is 0.720. The lowest BCUT2D eigenvalue weighted by atomic mass is 10.0. The van der Waals surface area contributed by atoms with Crippen molar-refractivity contribution in [1.82, 2.24) is 0 Å². The molecule has 70 valence electrons. The number of aliphatic hydroxyl groups excluding tert-OH is 1. The second-order valence-electron chi connectivity index (χ2n) is 3.10. The van der Waals surface area contributed by atoms with Gasteiger partial charge in [-0.05, 0) is 18.2 Å². The Morgan fingerprint density at radius 3 is 3.08 bits per heavy atom. The van der Waals surface area contributed by atoms with Gasteiger partial charge in [0.2, 0.25) is 0 Å². The highest BCUT2D eigenvalue weighted by Crippen LogP contribution is 2.33. The molecule has 0 aliphatic carbocycles. The number of benzene rings is 1. The van der Waals surface area contributed by atoms with E-state index in [9.17, 15) is 5.11 Å². The lowest BCUT2D eigenvalue weighted by molar-refractivity contribution is 0.0915. The van der Waals surface area contributed by atoms with Gasteiger partial charge in [0.05, 0.1) is 6.04 Å². The zero-order valence-electron chi connectivity index (χ0n) is 6.90. The Kier molecular flexibility index (Phi) is 2.27. The third kappa shape index (κ3) is 1.57. The molecule has 13 heavy (non-hydrogen) atoms. The van der Waals surface area contributed by atoms with E-state index in [0.717, 1.165) is 15.8 Å². The number of rotatable bonds is 0. The number of halogens is 1. The van der Waals surface area contributed by atoms with Crippen LogP contribution in [-0.2, 0) is 0 Å². The van der Waals surface area contributed by atoms with Crippen LogP contribution in [0.15, 0.2) is 22.7 Å². The van der Waals surface area contributed by atoms with Gasteiger partial charge >= 0.3 is 0 Å². The third-order valence-corrected chi connectivity index (χ3v) is 2.62. The molecule has 1 aliphatic heterocycles. The fourth-order valence-electron chi connectivity index (χ4n) is 1.39. The molecule has 1 aliphatic rings. The van der Waals surface area contributed by atoms with Crippen LogP contribution in [0, 0.1) is 0 Å². The minimum absolute atomic E-state index is 0.332. The zero-order chi connectivity index (χ0) is 9.42. The maximum atomic E-state index is 9.73. The summed E-state index contributed by atoms with van der Waals surface area (Å²) < 4.78 is 6.27. The van der Waals surface area contributed by atoms with Crippen LogP contribution >= 0.6 is 15.9 Å². The second-order valence-corrected chi connectivity index (χ2v) is 4.02. The van der Waals surface area contributed by atoms with Crippen molar-refractivity contribution in [2.45, 2.75) is 12.1 Å². The van der Waals surface area contributed by atoms with E-state index in [1.54, 1.807) is 0 Å². The van der Waals surface area contributed by atoms with E-state index in [0.29, 0.717) is 6.61 Å². The van der Waals surface area contributed by atoms with Gasteiger partial charge in [-0.25, -0.2) is 0 Å². The Labute approximate surface area is 84.6 Å². The summed E-state index contributed by atoms with van der Waals surface area (Å²) >= 11 is 3.33. The van der Waals surface area contributed by atoms with Gasteiger partial charge < -0.3 is 15.6 Å². The van der Waals surface area contributed by atoms with Crippen LogP contribution in [0.5, 0.6) is 5.75 Å². The first kappa shape index (κ1) is 8.99. The maximum Gasteiger partial charge on any atom is 0.125 e. The molecule has 3 N–H and O–H groups in total. The molecule has 0 spiro atoms. The molecule has 1 heterocycles. The van der Waals surface area contributed by atoms with E-state index < -0.39 is 6.10 Å². The van der Waals surface area contributed by atoms with E-state index in [-0.39, 0.29) is 6.04 Å². The molecule has 1 aromatic carbocycles. The summed E-state index contributed by atoms with van der Waals surface area (Å²) in [6.07, 6.45) is -0.624. The molecular weight excluding hydrogens is 234 g/mol.